The van der Waals surface area contributed by atoms with Gasteiger partial charge in [0.1, 0.15) is 11.6 Å². The molecule has 2 aromatic carbocycles. The topological polar surface area (TPSA) is 42.4 Å². The van der Waals surface area contributed by atoms with Gasteiger partial charge in [-0.15, -0.1) is 0 Å². The number of hydrogen-bond donors (Lipinski definition) is 0. The number of benzene rings is 2. The van der Waals surface area contributed by atoms with Crippen molar-refractivity contribution in [1.82, 2.24) is 9.88 Å². The molecule has 0 spiro atoms. The first-order valence-electron chi connectivity index (χ1n) is 10.3. The van der Waals surface area contributed by atoms with Gasteiger partial charge >= 0.3 is 0 Å². The standard InChI is InChI=1S/C25H25FN2O2/c26-23-11-5-4-7-20(23)17-21-8-6-12-24(27-21)19-13-15-28(16-14-19)25(29)18-30-22-9-2-1-3-10-22/h1-12,19H,13-18H2. The molecule has 0 atom stereocenters. The number of carbonyl (C=O) groups is 1. The van der Waals surface area contributed by atoms with E-state index in [-0.39, 0.29) is 18.3 Å². The molecule has 1 aliphatic rings. The van der Waals surface area contributed by atoms with Crippen LogP contribution in [0.3, 0.4) is 0 Å². The van der Waals surface area contributed by atoms with Gasteiger partial charge in [-0.05, 0) is 48.7 Å². The van der Waals surface area contributed by atoms with E-state index in [0.29, 0.717) is 36.7 Å². The molecular weight excluding hydrogens is 379 g/mol. The fourth-order valence-electron chi connectivity index (χ4n) is 3.84. The largest absolute Gasteiger partial charge is 0.484 e. The maximum absolute atomic E-state index is 13.9. The number of piperidine rings is 1. The molecule has 1 amide bonds. The highest BCUT2D eigenvalue weighted by Crippen LogP contribution is 2.27. The van der Waals surface area contributed by atoms with Crippen molar-refractivity contribution in [2.45, 2.75) is 25.2 Å². The van der Waals surface area contributed by atoms with Crippen LogP contribution in [0.4, 0.5) is 4.39 Å². The third-order valence-corrected chi connectivity index (χ3v) is 5.53. The zero-order valence-electron chi connectivity index (χ0n) is 16.8. The number of pyridine rings is 1. The highest BCUT2D eigenvalue weighted by Gasteiger charge is 2.25. The Balaban J connectivity index is 1.31. The van der Waals surface area contributed by atoms with Crippen molar-refractivity contribution >= 4 is 5.91 Å². The Morgan fingerprint density at radius 2 is 1.70 bits per heavy atom. The van der Waals surface area contributed by atoms with Gasteiger partial charge in [0.15, 0.2) is 6.61 Å². The Kier molecular flexibility index (Phi) is 6.38. The third-order valence-electron chi connectivity index (χ3n) is 5.53. The molecular formula is C25H25FN2O2. The second kappa shape index (κ2) is 9.53. The number of rotatable bonds is 6. The van der Waals surface area contributed by atoms with Crippen LogP contribution < -0.4 is 4.74 Å². The smallest absolute Gasteiger partial charge is 0.260 e. The van der Waals surface area contributed by atoms with Gasteiger partial charge in [0.05, 0.1) is 0 Å². The van der Waals surface area contributed by atoms with Crippen LogP contribution in [0.25, 0.3) is 0 Å². The molecule has 2 heterocycles. The van der Waals surface area contributed by atoms with Crippen LogP contribution in [0.2, 0.25) is 0 Å². The normalized spacial score (nSPS) is 14.5. The maximum Gasteiger partial charge on any atom is 0.260 e. The van der Waals surface area contributed by atoms with Gasteiger partial charge in [-0.1, -0.05) is 42.5 Å². The molecule has 0 aliphatic carbocycles. The zero-order chi connectivity index (χ0) is 20.8. The zero-order valence-corrected chi connectivity index (χ0v) is 16.8. The summed E-state index contributed by atoms with van der Waals surface area (Å²) in [5, 5.41) is 0. The predicted molar refractivity (Wildman–Crippen MR) is 114 cm³/mol. The lowest BCUT2D eigenvalue weighted by Crippen LogP contribution is -2.40. The lowest BCUT2D eigenvalue weighted by atomic mass is 9.92. The molecule has 0 radical (unpaired) electrons. The molecule has 30 heavy (non-hydrogen) atoms. The van der Waals surface area contributed by atoms with Crippen LogP contribution in [0, 0.1) is 5.82 Å². The van der Waals surface area contributed by atoms with E-state index in [9.17, 15) is 9.18 Å². The second-order valence-corrected chi connectivity index (χ2v) is 7.58. The summed E-state index contributed by atoms with van der Waals surface area (Å²) in [4.78, 5) is 19.1. The number of hydrogen-bond acceptors (Lipinski definition) is 3. The van der Waals surface area contributed by atoms with Gasteiger partial charge in [0.2, 0.25) is 0 Å². The average Bonchev–Trinajstić information content (AvgIpc) is 2.80. The summed E-state index contributed by atoms with van der Waals surface area (Å²) in [6, 6.07) is 22.2. The number of amides is 1. The summed E-state index contributed by atoms with van der Waals surface area (Å²) in [6.45, 7) is 1.45. The molecule has 3 aromatic rings. The van der Waals surface area contributed by atoms with Crippen molar-refractivity contribution < 1.29 is 13.9 Å². The first-order valence-corrected chi connectivity index (χ1v) is 10.3. The van der Waals surface area contributed by atoms with Crippen LogP contribution in [0.5, 0.6) is 5.75 Å². The van der Waals surface area contributed by atoms with E-state index in [2.05, 4.69) is 0 Å². The summed E-state index contributed by atoms with van der Waals surface area (Å²) >= 11 is 0. The van der Waals surface area contributed by atoms with Gasteiger partial charge in [-0.25, -0.2) is 4.39 Å². The van der Waals surface area contributed by atoms with Gasteiger partial charge < -0.3 is 9.64 Å². The van der Waals surface area contributed by atoms with Crippen molar-refractivity contribution in [1.29, 1.82) is 0 Å². The number of likely N-dealkylation sites (tertiary alicyclic amines) is 1. The van der Waals surface area contributed by atoms with Crippen LogP contribution in [-0.2, 0) is 11.2 Å². The van der Waals surface area contributed by atoms with Crippen molar-refractivity contribution in [2.24, 2.45) is 0 Å². The fraction of sp³-hybridized carbons (Fsp3) is 0.280. The number of nitrogens with zero attached hydrogens (tertiary/aromatic N) is 2. The lowest BCUT2D eigenvalue weighted by molar-refractivity contribution is -0.134. The number of aromatic nitrogens is 1. The van der Waals surface area contributed by atoms with Crippen molar-refractivity contribution in [3.05, 3.63) is 95.6 Å². The van der Waals surface area contributed by atoms with Crippen LogP contribution in [-0.4, -0.2) is 35.5 Å². The number of carbonyl (C=O) groups excluding carboxylic acids is 1. The fourth-order valence-corrected chi connectivity index (χ4v) is 3.84. The minimum atomic E-state index is -0.200. The molecule has 1 aromatic heterocycles. The van der Waals surface area contributed by atoms with Crippen LogP contribution >= 0.6 is 0 Å². The first-order chi connectivity index (χ1) is 14.7. The SMILES string of the molecule is O=C(COc1ccccc1)N1CCC(c2cccc(Cc3ccccc3F)n2)CC1. The number of ether oxygens (including phenoxy) is 1. The molecule has 0 unspecified atom stereocenters. The van der Waals surface area contributed by atoms with E-state index in [1.807, 2.05) is 59.5 Å². The summed E-state index contributed by atoms with van der Waals surface area (Å²) in [5.41, 5.74) is 2.55. The molecule has 1 saturated heterocycles. The number of para-hydroxylation sites is 1. The van der Waals surface area contributed by atoms with E-state index in [0.717, 1.165) is 24.2 Å². The van der Waals surface area contributed by atoms with E-state index in [1.54, 1.807) is 12.1 Å². The van der Waals surface area contributed by atoms with E-state index < -0.39 is 0 Å². The summed E-state index contributed by atoms with van der Waals surface area (Å²) in [7, 11) is 0. The first kappa shape index (κ1) is 20.1. The van der Waals surface area contributed by atoms with Gasteiger partial charge in [0, 0.05) is 36.8 Å². The molecule has 4 nitrogen and oxygen atoms in total. The molecule has 4 rings (SSSR count). The Hall–Kier alpha value is -3.21. The third kappa shape index (κ3) is 5.03. The highest BCUT2D eigenvalue weighted by molar-refractivity contribution is 5.77. The van der Waals surface area contributed by atoms with E-state index in [1.165, 1.54) is 6.07 Å². The van der Waals surface area contributed by atoms with Crippen LogP contribution in [0.15, 0.2) is 72.8 Å². The molecule has 0 saturated carbocycles. The average molecular weight is 404 g/mol. The Labute approximate surface area is 176 Å². The minimum absolute atomic E-state index is 0.0126. The van der Waals surface area contributed by atoms with Gasteiger partial charge in [-0.2, -0.15) is 0 Å². The van der Waals surface area contributed by atoms with Gasteiger partial charge in [-0.3, -0.25) is 9.78 Å². The van der Waals surface area contributed by atoms with Crippen molar-refractivity contribution in [2.75, 3.05) is 19.7 Å². The van der Waals surface area contributed by atoms with E-state index in [4.69, 9.17) is 9.72 Å². The molecule has 0 N–H and O–H groups in total. The predicted octanol–water partition coefficient (Wildman–Crippen LogP) is 4.60. The quantitative estimate of drug-likeness (QED) is 0.603. The maximum atomic E-state index is 13.9. The summed E-state index contributed by atoms with van der Waals surface area (Å²) in [6.07, 6.45) is 2.22. The van der Waals surface area contributed by atoms with E-state index >= 15 is 0 Å². The monoisotopic (exact) mass is 404 g/mol. The summed E-state index contributed by atoms with van der Waals surface area (Å²) < 4.78 is 19.5. The Morgan fingerprint density at radius 3 is 2.47 bits per heavy atom. The molecule has 1 fully saturated rings. The number of halogens is 1. The molecule has 5 heteroatoms. The molecule has 0 bridgehead atoms. The molecule has 1 aliphatic heterocycles. The second-order valence-electron chi connectivity index (χ2n) is 7.58. The molecule has 154 valence electrons. The van der Waals surface area contributed by atoms with Crippen LogP contribution in [0.1, 0.15) is 35.7 Å². The van der Waals surface area contributed by atoms with Gasteiger partial charge in [0.25, 0.3) is 5.91 Å². The van der Waals surface area contributed by atoms with Crippen molar-refractivity contribution in [3.63, 3.8) is 0 Å². The Morgan fingerprint density at radius 1 is 0.967 bits per heavy atom. The Bertz CT molecular complexity index is 985. The highest BCUT2D eigenvalue weighted by atomic mass is 19.1. The minimum Gasteiger partial charge on any atom is -0.484 e. The summed E-state index contributed by atoms with van der Waals surface area (Å²) in [5.74, 6) is 0.828. The van der Waals surface area contributed by atoms with Crippen molar-refractivity contribution in [3.8, 4) is 5.75 Å². The lowest BCUT2D eigenvalue weighted by Gasteiger charge is -2.31.